The number of aryl methyl sites for hydroxylation is 1. The first-order chi connectivity index (χ1) is 6.20. The van der Waals surface area contributed by atoms with Gasteiger partial charge < -0.3 is 0 Å². The standard InChI is InChI=1S/C12H17N/c1-9-5-4-6-12-10(2)13(3)8-7-11(9)12/h4-6,10H,7-8H2,1-3H3. The van der Waals surface area contributed by atoms with Gasteiger partial charge in [0.1, 0.15) is 0 Å². The minimum Gasteiger partial charge on any atom is -0.299 e. The van der Waals surface area contributed by atoms with Gasteiger partial charge in [-0.25, -0.2) is 0 Å². The minimum absolute atomic E-state index is 0.587. The second-order valence-electron chi connectivity index (χ2n) is 4.05. The molecule has 0 aliphatic carbocycles. The van der Waals surface area contributed by atoms with Crippen molar-refractivity contribution in [2.75, 3.05) is 13.6 Å². The molecule has 0 fully saturated rings. The maximum absolute atomic E-state index is 2.42. The van der Waals surface area contributed by atoms with Crippen LogP contribution in [0.5, 0.6) is 0 Å². The van der Waals surface area contributed by atoms with Crippen LogP contribution in [-0.4, -0.2) is 18.5 Å². The first-order valence-electron chi connectivity index (χ1n) is 4.99. The molecule has 1 unspecified atom stereocenters. The highest BCUT2D eigenvalue weighted by Crippen LogP contribution is 2.29. The van der Waals surface area contributed by atoms with Crippen LogP contribution in [0.15, 0.2) is 18.2 Å². The van der Waals surface area contributed by atoms with Gasteiger partial charge in [0, 0.05) is 12.6 Å². The fourth-order valence-electron chi connectivity index (χ4n) is 2.18. The van der Waals surface area contributed by atoms with Crippen LogP contribution in [0.25, 0.3) is 0 Å². The summed E-state index contributed by atoms with van der Waals surface area (Å²) in [5, 5.41) is 0. The first-order valence-corrected chi connectivity index (χ1v) is 4.99. The highest BCUT2D eigenvalue weighted by Gasteiger charge is 2.20. The molecule has 0 amide bonds. The van der Waals surface area contributed by atoms with Crippen LogP contribution < -0.4 is 0 Å². The fraction of sp³-hybridized carbons (Fsp3) is 0.500. The number of nitrogens with zero attached hydrogens (tertiary/aromatic N) is 1. The van der Waals surface area contributed by atoms with Gasteiger partial charge in [0.05, 0.1) is 0 Å². The zero-order valence-corrected chi connectivity index (χ0v) is 8.67. The van der Waals surface area contributed by atoms with E-state index in [1.54, 1.807) is 5.56 Å². The molecule has 1 heteroatoms. The van der Waals surface area contributed by atoms with Crippen molar-refractivity contribution in [3.63, 3.8) is 0 Å². The Morgan fingerprint density at radius 3 is 2.92 bits per heavy atom. The van der Waals surface area contributed by atoms with Crippen molar-refractivity contribution < 1.29 is 0 Å². The molecular weight excluding hydrogens is 158 g/mol. The quantitative estimate of drug-likeness (QED) is 0.585. The molecule has 0 saturated heterocycles. The van der Waals surface area contributed by atoms with E-state index in [0.717, 1.165) is 0 Å². The maximum atomic E-state index is 2.42. The fourth-order valence-corrected chi connectivity index (χ4v) is 2.18. The SMILES string of the molecule is Cc1cccc2c1CCN(C)C2C. The Bertz CT molecular complexity index is 317. The third kappa shape index (κ3) is 1.37. The van der Waals surface area contributed by atoms with E-state index in [-0.39, 0.29) is 0 Å². The normalized spacial score (nSPS) is 22.8. The van der Waals surface area contributed by atoms with Gasteiger partial charge in [0.15, 0.2) is 0 Å². The van der Waals surface area contributed by atoms with Gasteiger partial charge in [0.2, 0.25) is 0 Å². The average Bonchev–Trinajstić information content (AvgIpc) is 2.12. The molecule has 0 aromatic heterocycles. The second kappa shape index (κ2) is 3.15. The molecule has 0 saturated carbocycles. The lowest BCUT2D eigenvalue weighted by Gasteiger charge is -2.32. The Balaban J connectivity index is 2.49. The van der Waals surface area contributed by atoms with Gasteiger partial charge >= 0.3 is 0 Å². The zero-order valence-electron chi connectivity index (χ0n) is 8.67. The summed E-state index contributed by atoms with van der Waals surface area (Å²) in [5.41, 5.74) is 4.55. The largest absolute Gasteiger partial charge is 0.299 e. The van der Waals surface area contributed by atoms with Crippen LogP contribution in [0, 0.1) is 6.92 Å². The molecule has 2 rings (SSSR count). The van der Waals surface area contributed by atoms with Crippen LogP contribution in [-0.2, 0) is 6.42 Å². The number of benzene rings is 1. The number of hydrogen-bond donors (Lipinski definition) is 0. The maximum Gasteiger partial charge on any atom is 0.0319 e. The molecule has 1 aromatic carbocycles. The van der Waals surface area contributed by atoms with E-state index < -0.39 is 0 Å². The average molecular weight is 175 g/mol. The van der Waals surface area contributed by atoms with Gasteiger partial charge in [-0.05, 0) is 44.0 Å². The lowest BCUT2D eigenvalue weighted by atomic mass is 9.91. The first kappa shape index (κ1) is 8.76. The van der Waals surface area contributed by atoms with E-state index in [1.807, 2.05) is 0 Å². The summed E-state index contributed by atoms with van der Waals surface area (Å²) >= 11 is 0. The number of rotatable bonds is 0. The van der Waals surface area contributed by atoms with Crippen molar-refractivity contribution in [3.8, 4) is 0 Å². The van der Waals surface area contributed by atoms with E-state index in [9.17, 15) is 0 Å². The Morgan fingerprint density at radius 2 is 2.15 bits per heavy atom. The summed E-state index contributed by atoms with van der Waals surface area (Å²) in [6.07, 6.45) is 1.21. The van der Waals surface area contributed by atoms with Crippen molar-refractivity contribution in [2.45, 2.75) is 26.3 Å². The predicted molar refractivity (Wildman–Crippen MR) is 55.9 cm³/mol. The molecule has 0 N–H and O–H groups in total. The topological polar surface area (TPSA) is 3.24 Å². The van der Waals surface area contributed by atoms with Gasteiger partial charge in [0.25, 0.3) is 0 Å². The molecule has 13 heavy (non-hydrogen) atoms. The number of likely N-dealkylation sites (N-methyl/N-ethyl adjacent to an activating group) is 1. The van der Waals surface area contributed by atoms with Crippen LogP contribution in [0.1, 0.15) is 29.7 Å². The van der Waals surface area contributed by atoms with Crippen molar-refractivity contribution >= 4 is 0 Å². The third-order valence-electron chi connectivity index (χ3n) is 3.27. The summed E-state index contributed by atoms with van der Waals surface area (Å²) in [7, 11) is 2.20. The van der Waals surface area contributed by atoms with Crippen LogP contribution in [0.2, 0.25) is 0 Å². The lowest BCUT2D eigenvalue weighted by Crippen LogP contribution is -2.30. The Morgan fingerprint density at radius 1 is 1.38 bits per heavy atom. The van der Waals surface area contributed by atoms with Crippen molar-refractivity contribution in [3.05, 3.63) is 34.9 Å². The summed E-state index contributed by atoms with van der Waals surface area (Å²) < 4.78 is 0. The number of hydrogen-bond acceptors (Lipinski definition) is 1. The predicted octanol–water partition coefficient (Wildman–Crippen LogP) is 2.54. The molecular formula is C12H17N. The van der Waals surface area contributed by atoms with E-state index in [2.05, 4.69) is 44.0 Å². The van der Waals surface area contributed by atoms with Crippen LogP contribution >= 0.6 is 0 Å². The molecule has 1 heterocycles. The highest BCUT2D eigenvalue weighted by atomic mass is 15.1. The minimum atomic E-state index is 0.587. The molecule has 0 bridgehead atoms. The number of fused-ring (bicyclic) bond motifs is 1. The Hall–Kier alpha value is -0.820. The Labute approximate surface area is 80.4 Å². The molecule has 0 radical (unpaired) electrons. The van der Waals surface area contributed by atoms with E-state index in [4.69, 9.17) is 0 Å². The van der Waals surface area contributed by atoms with Gasteiger partial charge in [-0.2, -0.15) is 0 Å². The second-order valence-corrected chi connectivity index (χ2v) is 4.05. The molecule has 70 valence electrons. The lowest BCUT2D eigenvalue weighted by molar-refractivity contribution is 0.247. The van der Waals surface area contributed by atoms with E-state index >= 15 is 0 Å². The molecule has 1 aliphatic heterocycles. The Kier molecular flexibility index (Phi) is 2.12. The van der Waals surface area contributed by atoms with Crippen molar-refractivity contribution in [2.24, 2.45) is 0 Å². The zero-order chi connectivity index (χ0) is 9.42. The summed E-state index contributed by atoms with van der Waals surface area (Å²) in [4.78, 5) is 2.42. The van der Waals surface area contributed by atoms with Crippen LogP contribution in [0.3, 0.4) is 0 Å². The summed E-state index contributed by atoms with van der Waals surface area (Å²) in [5.74, 6) is 0. The van der Waals surface area contributed by atoms with Gasteiger partial charge in [-0.15, -0.1) is 0 Å². The van der Waals surface area contributed by atoms with Crippen molar-refractivity contribution in [1.82, 2.24) is 4.90 Å². The van der Waals surface area contributed by atoms with Gasteiger partial charge in [-0.3, -0.25) is 4.90 Å². The molecule has 1 nitrogen and oxygen atoms in total. The highest BCUT2D eigenvalue weighted by molar-refractivity contribution is 5.38. The van der Waals surface area contributed by atoms with Crippen molar-refractivity contribution in [1.29, 1.82) is 0 Å². The monoisotopic (exact) mass is 175 g/mol. The van der Waals surface area contributed by atoms with E-state index in [0.29, 0.717) is 6.04 Å². The molecule has 0 spiro atoms. The molecule has 1 aromatic rings. The summed E-state index contributed by atoms with van der Waals surface area (Å²) in [6.45, 7) is 5.70. The van der Waals surface area contributed by atoms with E-state index in [1.165, 1.54) is 24.1 Å². The summed E-state index contributed by atoms with van der Waals surface area (Å²) in [6, 6.07) is 7.24. The smallest absolute Gasteiger partial charge is 0.0319 e. The third-order valence-corrected chi connectivity index (χ3v) is 3.27. The van der Waals surface area contributed by atoms with Crippen LogP contribution in [0.4, 0.5) is 0 Å². The molecule has 1 aliphatic rings. The molecule has 1 atom stereocenters. The van der Waals surface area contributed by atoms with Gasteiger partial charge in [-0.1, -0.05) is 18.2 Å².